The summed E-state index contributed by atoms with van der Waals surface area (Å²) in [6, 6.07) is 10.7. The first-order valence-corrected chi connectivity index (χ1v) is 10.5. The van der Waals surface area contributed by atoms with Crippen molar-refractivity contribution >= 4 is 28.7 Å². The van der Waals surface area contributed by atoms with Gasteiger partial charge in [0.1, 0.15) is 5.82 Å². The number of hydrogen-bond acceptors (Lipinski definition) is 6. The number of nitrogen functional groups attached to an aromatic ring is 1. The minimum Gasteiger partial charge on any atom is -0.481 e. The molecule has 1 aliphatic heterocycles. The maximum atomic E-state index is 13.0. The molecule has 4 heterocycles. The van der Waals surface area contributed by atoms with E-state index in [0.717, 1.165) is 42.4 Å². The Labute approximate surface area is 180 Å². The van der Waals surface area contributed by atoms with Gasteiger partial charge in [0.15, 0.2) is 5.65 Å². The summed E-state index contributed by atoms with van der Waals surface area (Å²) >= 11 is 0. The summed E-state index contributed by atoms with van der Waals surface area (Å²) in [5, 5.41) is 10.4. The molecule has 1 aliphatic rings. The number of pyridine rings is 3. The van der Waals surface area contributed by atoms with E-state index in [0.29, 0.717) is 17.9 Å². The molecule has 2 atom stereocenters. The van der Waals surface area contributed by atoms with E-state index in [4.69, 9.17) is 5.73 Å². The number of nitrogens with two attached hydrogens (primary N) is 1. The van der Waals surface area contributed by atoms with E-state index in [-0.39, 0.29) is 18.2 Å². The average molecular weight is 419 g/mol. The van der Waals surface area contributed by atoms with Crippen LogP contribution < -0.4 is 5.73 Å². The number of fused-ring (bicyclic) bond motifs is 1. The molecule has 3 aromatic heterocycles. The third-order valence-corrected chi connectivity index (χ3v) is 5.80. The van der Waals surface area contributed by atoms with Crippen molar-refractivity contribution in [2.75, 3.05) is 12.3 Å². The Bertz CT molecular complexity index is 1090. The first kappa shape index (κ1) is 20.7. The second-order valence-corrected chi connectivity index (χ2v) is 7.89. The van der Waals surface area contributed by atoms with Crippen LogP contribution in [0.3, 0.4) is 0 Å². The molecule has 1 saturated heterocycles. The predicted octanol–water partition coefficient (Wildman–Crippen LogP) is 2.99. The second-order valence-electron chi connectivity index (χ2n) is 7.89. The fraction of sp³-hybridized carbons (Fsp3) is 0.348. The van der Waals surface area contributed by atoms with Gasteiger partial charge in [-0.25, -0.2) is 15.0 Å². The molecular formula is C23H25N5O3. The summed E-state index contributed by atoms with van der Waals surface area (Å²) in [7, 11) is 0. The van der Waals surface area contributed by atoms with Gasteiger partial charge < -0.3 is 15.7 Å². The number of carbonyl (C=O) groups excluding carboxylic acids is 1. The number of hydrogen-bond donors (Lipinski definition) is 2. The molecular weight excluding hydrogens is 394 g/mol. The normalized spacial score (nSPS) is 17.2. The van der Waals surface area contributed by atoms with Gasteiger partial charge in [0.2, 0.25) is 5.91 Å². The fourth-order valence-electron chi connectivity index (χ4n) is 4.19. The summed E-state index contributed by atoms with van der Waals surface area (Å²) in [5.41, 5.74) is 8.04. The van der Waals surface area contributed by atoms with Crippen LogP contribution in [0.25, 0.3) is 11.0 Å². The van der Waals surface area contributed by atoms with E-state index < -0.39 is 12.0 Å². The lowest BCUT2D eigenvalue weighted by Crippen LogP contribution is -2.33. The molecule has 8 nitrogen and oxygen atoms in total. The minimum atomic E-state index is -0.950. The second kappa shape index (κ2) is 9.07. The minimum absolute atomic E-state index is 0.0104. The number of aliphatic carboxylic acids is 1. The molecule has 4 rings (SSSR count). The van der Waals surface area contributed by atoms with E-state index >= 15 is 0 Å². The molecule has 0 spiro atoms. The van der Waals surface area contributed by atoms with Gasteiger partial charge in [-0.05, 0) is 61.6 Å². The fourth-order valence-corrected chi connectivity index (χ4v) is 4.19. The van der Waals surface area contributed by atoms with Gasteiger partial charge >= 0.3 is 5.97 Å². The Morgan fingerprint density at radius 1 is 1.23 bits per heavy atom. The van der Waals surface area contributed by atoms with Crippen LogP contribution in [0.2, 0.25) is 0 Å². The number of rotatable bonds is 8. The molecule has 8 heteroatoms. The lowest BCUT2D eigenvalue weighted by molar-refractivity contribution is -0.140. The Morgan fingerprint density at radius 2 is 2.10 bits per heavy atom. The van der Waals surface area contributed by atoms with Crippen LogP contribution in [0.1, 0.15) is 43.0 Å². The zero-order valence-electron chi connectivity index (χ0n) is 17.1. The van der Waals surface area contributed by atoms with Gasteiger partial charge in [0.05, 0.1) is 12.5 Å². The van der Waals surface area contributed by atoms with Gasteiger partial charge in [-0.3, -0.25) is 9.59 Å². The summed E-state index contributed by atoms with van der Waals surface area (Å²) in [4.78, 5) is 39.1. The summed E-state index contributed by atoms with van der Waals surface area (Å²) < 4.78 is 0. The number of amides is 1. The summed E-state index contributed by atoms with van der Waals surface area (Å²) in [5.74, 6) is -0.678. The number of aryl methyl sites for hydroxylation is 1. The van der Waals surface area contributed by atoms with E-state index in [2.05, 4.69) is 15.0 Å². The molecule has 0 aromatic carbocycles. The topological polar surface area (TPSA) is 122 Å². The highest BCUT2D eigenvalue weighted by molar-refractivity contribution is 5.82. The highest BCUT2D eigenvalue weighted by Crippen LogP contribution is 2.33. The van der Waals surface area contributed by atoms with E-state index in [1.54, 1.807) is 29.4 Å². The summed E-state index contributed by atoms with van der Waals surface area (Å²) in [6.07, 6.45) is 6.22. The van der Waals surface area contributed by atoms with Crippen molar-refractivity contribution in [2.45, 2.75) is 38.1 Å². The van der Waals surface area contributed by atoms with Gasteiger partial charge in [0, 0.05) is 35.9 Å². The quantitative estimate of drug-likeness (QED) is 0.575. The lowest BCUT2D eigenvalue weighted by atomic mass is 9.99. The van der Waals surface area contributed by atoms with E-state index in [1.807, 2.05) is 24.3 Å². The number of nitrogens with zero attached hydrogens (tertiary/aromatic N) is 4. The average Bonchev–Trinajstić information content (AvgIpc) is 3.13. The SMILES string of the molecule is Nc1ccc(C(CC(=O)O)N2CCC(CCCc3ccc4cccnc4n3)C2=O)cn1. The third kappa shape index (κ3) is 4.79. The maximum absolute atomic E-state index is 13.0. The molecule has 0 radical (unpaired) electrons. The van der Waals surface area contributed by atoms with Crippen molar-refractivity contribution in [3.63, 3.8) is 0 Å². The van der Waals surface area contributed by atoms with Crippen LogP contribution in [0.15, 0.2) is 48.8 Å². The van der Waals surface area contributed by atoms with Crippen LogP contribution in [-0.4, -0.2) is 43.4 Å². The Morgan fingerprint density at radius 3 is 2.87 bits per heavy atom. The molecule has 0 aliphatic carbocycles. The highest BCUT2D eigenvalue weighted by Gasteiger charge is 2.37. The van der Waals surface area contributed by atoms with Crippen LogP contribution in [0, 0.1) is 5.92 Å². The molecule has 1 amide bonds. The Hall–Kier alpha value is -3.55. The molecule has 3 aromatic rings. The van der Waals surface area contributed by atoms with Crippen LogP contribution >= 0.6 is 0 Å². The van der Waals surface area contributed by atoms with Crippen LogP contribution in [-0.2, 0) is 16.0 Å². The number of likely N-dealkylation sites (tertiary alicyclic amines) is 1. The van der Waals surface area contributed by atoms with Crippen molar-refractivity contribution in [1.29, 1.82) is 0 Å². The number of carbonyl (C=O) groups is 2. The molecule has 31 heavy (non-hydrogen) atoms. The molecule has 160 valence electrons. The van der Waals surface area contributed by atoms with E-state index in [1.165, 1.54) is 0 Å². The molecule has 2 unspecified atom stereocenters. The van der Waals surface area contributed by atoms with Crippen molar-refractivity contribution in [3.8, 4) is 0 Å². The maximum Gasteiger partial charge on any atom is 0.305 e. The van der Waals surface area contributed by atoms with Gasteiger partial charge in [-0.15, -0.1) is 0 Å². The van der Waals surface area contributed by atoms with Gasteiger partial charge in [-0.2, -0.15) is 0 Å². The van der Waals surface area contributed by atoms with Crippen molar-refractivity contribution in [2.24, 2.45) is 5.92 Å². The Balaban J connectivity index is 1.38. The Kier molecular flexibility index (Phi) is 6.06. The number of anilines is 1. The number of carboxylic acids is 1. The zero-order valence-corrected chi connectivity index (χ0v) is 17.1. The molecule has 1 fully saturated rings. The summed E-state index contributed by atoms with van der Waals surface area (Å²) in [6.45, 7) is 0.546. The van der Waals surface area contributed by atoms with Gasteiger partial charge in [-0.1, -0.05) is 6.07 Å². The first-order valence-electron chi connectivity index (χ1n) is 10.5. The van der Waals surface area contributed by atoms with Crippen molar-refractivity contribution in [1.82, 2.24) is 19.9 Å². The standard InChI is InChI=1S/C23H25N5O3/c24-20-9-7-17(14-26-20)19(13-21(29)30)28-12-10-16(23(28)31)3-1-5-18-8-6-15-4-2-11-25-22(15)27-18/h2,4,6-9,11,14,16,19H,1,3,5,10,12-13H2,(H2,24,26)(H,29,30). The van der Waals surface area contributed by atoms with Crippen LogP contribution in [0.4, 0.5) is 5.82 Å². The number of carboxylic acid groups (broad SMARTS) is 1. The predicted molar refractivity (Wildman–Crippen MR) is 116 cm³/mol. The van der Waals surface area contributed by atoms with Crippen molar-refractivity contribution < 1.29 is 14.7 Å². The molecule has 0 bridgehead atoms. The number of aromatic nitrogens is 3. The molecule has 0 saturated carbocycles. The molecule has 3 N–H and O–H groups in total. The van der Waals surface area contributed by atoms with Gasteiger partial charge in [0.25, 0.3) is 0 Å². The van der Waals surface area contributed by atoms with Crippen LogP contribution in [0.5, 0.6) is 0 Å². The monoisotopic (exact) mass is 419 g/mol. The van der Waals surface area contributed by atoms with E-state index in [9.17, 15) is 14.7 Å². The zero-order chi connectivity index (χ0) is 21.8. The lowest BCUT2D eigenvalue weighted by Gasteiger charge is -2.27. The smallest absolute Gasteiger partial charge is 0.305 e. The first-order chi connectivity index (χ1) is 15.0. The third-order valence-electron chi connectivity index (χ3n) is 5.80. The highest BCUT2D eigenvalue weighted by atomic mass is 16.4. The largest absolute Gasteiger partial charge is 0.481 e. The van der Waals surface area contributed by atoms with Crippen molar-refractivity contribution in [3.05, 3.63) is 60.0 Å².